The molecule has 2 N–H and O–H groups in total. The lowest BCUT2D eigenvalue weighted by Gasteiger charge is -2.25. The summed E-state index contributed by atoms with van der Waals surface area (Å²) in [6.45, 7) is 6.82. The van der Waals surface area contributed by atoms with Crippen LogP contribution in [0.1, 0.15) is 26.3 Å². The SMILES string of the molecule is CN=C(NCc1cccc2ccccc12)N(C)CC(=O)NC(C)(C)C. The largest absolute Gasteiger partial charge is 0.352 e. The van der Waals surface area contributed by atoms with Crippen LogP contribution in [0.4, 0.5) is 0 Å². The maximum atomic E-state index is 12.1. The topological polar surface area (TPSA) is 56.7 Å². The highest BCUT2D eigenvalue weighted by Gasteiger charge is 2.16. The molecule has 0 bridgehead atoms. The minimum Gasteiger partial charge on any atom is -0.352 e. The molecule has 5 heteroatoms. The minimum absolute atomic E-state index is 0.0249. The van der Waals surface area contributed by atoms with Gasteiger partial charge in [-0.1, -0.05) is 42.5 Å². The molecule has 2 aromatic carbocycles. The standard InChI is InChI=1S/C20H28N4O/c1-20(2,3)23-18(25)14-24(5)19(21-4)22-13-16-11-8-10-15-9-6-7-12-17(15)16/h6-12H,13-14H2,1-5H3,(H,21,22)(H,23,25). The number of likely N-dealkylation sites (N-methyl/N-ethyl adjacent to an activating group) is 1. The van der Waals surface area contributed by atoms with Crippen molar-refractivity contribution in [1.82, 2.24) is 15.5 Å². The first-order valence-electron chi connectivity index (χ1n) is 8.49. The van der Waals surface area contributed by atoms with Gasteiger partial charge in [0.05, 0.1) is 6.54 Å². The molecule has 5 nitrogen and oxygen atoms in total. The van der Waals surface area contributed by atoms with Crippen LogP contribution in [0, 0.1) is 0 Å². The van der Waals surface area contributed by atoms with E-state index < -0.39 is 0 Å². The van der Waals surface area contributed by atoms with E-state index in [-0.39, 0.29) is 18.0 Å². The summed E-state index contributed by atoms with van der Waals surface area (Å²) in [5, 5.41) is 8.75. The number of carbonyl (C=O) groups is 1. The quantitative estimate of drug-likeness (QED) is 0.665. The van der Waals surface area contributed by atoms with E-state index in [2.05, 4.69) is 46.0 Å². The third-order valence-electron chi connectivity index (χ3n) is 3.79. The van der Waals surface area contributed by atoms with Crippen LogP contribution in [0.5, 0.6) is 0 Å². The highest BCUT2D eigenvalue weighted by atomic mass is 16.2. The van der Waals surface area contributed by atoms with E-state index in [1.807, 2.05) is 44.9 Å². The van der Waals surface area contributed by atoms with Crippen LogP contribution in [0.25, 0.3) is 10.8 Å². The molecular weight excluding hydrogens is 312 g/mol. The number of rotatable bonds is 4. The number of aliphatic imine (C=N–C) groups is 1. The molecule has 134 valence electrons. The van der Waals surface area contributed by atoms with Gasteiger partial charge in [-0.15, -0.1) is 0 Å². The number of benzene rings is 2. The Labute approximate surface area is 150 Å². The van der Waals surface area contributed by atoms with Crippen molar-refractivity contribution in [3.63, 3.8) is 0 Å². The van der Waals surface area contributed by atoms with Gasteiger partial charge in [-0.05, 0) is 37.1 Å². The Morgan fingerprint density at radius 2 is 1.80 bits per heavy atom. The van der Waals surface area contributed by atoms with E-state index in [1.165, 1.54) is 16.3 Å². The third kappa shape index (κ3) is 5.48. The van der Waals surface area contributed by atoms with Crippen LogP contribution in [0.15, 0.2) is 47.5 Å². The maximum Gasteiger partial charge on any atom is 0.240 e. The molecule has 0 aromatic heterocycles. The second-order valence-corrected chi connectivity index (χ2v) is 7.19. The van der Waals surface area contributed by atoms with E-state index in [0.717, 1.165) is 0 Å². The molecular formula is C20H28N4O. The van der Waals surface area contributed by atoms with E-state index in [4.69, 9.17) is 0 Å². The minimum atomic E-state index is -0.238. The molecule has 0 heterocycles. The van der Waals surface area contributed by atoms with Crippen LogP contribution >= 0.6 is 0 Å². The van der Waals surface area contributed by atoms with Gasteiger partial charge < -0.3 is 15.5 Å². The molecule has 0 radical (unpaired) electrons. The Morgan fingerprint density at radius 3 is 2.48 bits per heavy atom. The zero-order valence-corrected chi connectivity index (χ0v) is 15.8. The van der Waals surface area contributed by atoms with Gasteiger partial charge in [-0.3, -0.25) is 9.79 Å². The Hall–Kier alpha value is -2.56. The summed E-state index contributed by atoms with van der Waals surface area (Å²) >= 11 is 0. The second kappa shape index (κ2) is 8.01. The number of amides is 1. The van der Waals surface area contributed by atoms with Gasteiger partial charge in [0.15, 0.2) is 5.96 Å². The van der Waals surface area contributed by atoms with Crippen LogP contribution < -0.4 is 10.6 Å². The van der Waals surface area contributed by atoms with Crippen LogP contribution in [-0.4, -0.2) is 42.9 Å². The molecule has 25 heavy (non-hydrogen) atoms. The zero-order valence-electron chi connectivity index (χ0n) is 15.8. The van der Waals surface area contributed by atoms with E-state index in [0.29, 0.717) is 12.5 Å². The number of nitrogens with zero attached hydrogens (tertiary/aromatic N) is 2. The first-order valence-corrected chi connectivity index (χ1v) is 8.49. The lowest BCUT2D eigenvalue weighted by Crippen LogP contribution is -2.48. The number of guanidine groups is 1. The van der Waals surface area contributed by atoms with Gasteiger partial charge in [-0.25, -0.2) is 0 Å². The molecule has 0 aliphatic carbocycles. The normalized spacial score (nSPS) is 12.1. The highest BCUT2D eigenvalue weighted by molar-refractivity contribution is 5.88. The summed E-state index contributed by atoms with van der Waals surface area (Å²) in [6.07, 6.45) is 0. The molecule has 0 spiro atoms. The lowest BCUT2D eigenvalue weighted by atomic mass is 10.0. The fourth-order valence-electron chi connectivity index (χ4n) is 2.75. The number of hydrogen-bond donors (Lipinski definition) is 2. The monoisotopic (exact) mass is 340 g/mol. The number of hydrogen-bond acceptors (Lipinski definition) is 2. The molecule has 1 amide bonds. The van der Waals surface area contributed by atoms with Crippen LogP contribution in [0.3, 0.4) is 0 Å². The van der Waals surface area contributed by atoms with Gasteiger partial charge in [0.25, 0.3) is 0 Å². The summed E-state index contributed by atoms with van der Waals surface area (Å²) < 4.78 is 0. The molecule has 0 unspecified atom stereocenters. The molecule has 0 saturated carbocycles. The average Bonchev–Trinajstić information content (AvgIpc) is 2.53. The first-order chi connectivity index (χ1) is 11.8. The predicted molar refractivity (Wildman–Crippen MR) is 105 cm³/mol. The van der Waals surface area contributed by atoms with Gasteiger partial charge in [-0.2, -0.15) is 0 Å². The zero-order chi connectivity index (χ0) is 18.4. The molecule has 0 atom stereocenters. The molecule has 0 aliphatic rings. The summed E-state index contributed by atoms with van der Waals surface area (Å²) in [5.41, 5.74) is 0.962. The lowest BCUT2D eigenvalue weighted by molar-refractivity contribution is -0.122. The van der Waals surface area contributed by atoms with Crippen molar-refractivity contribution < 1.29 is 4.79 Å². The Bertz CT molecular complexity index is 756. The smallest absolute Gasteiger partial charge is 0.240 e. The van der Waals surface area contributed by atoms with E-state index in [9.17, 15) is 4.79 Å². The molecule has 0 saturated heterocycles. The number of carbonyl (C=O) groups excluding carboxylic acids is 1. The van der Waals surface area contributed by atoms with E-state index in [1.54, 1.807) is 7.05 Å². The van der Waals surface area contributed by atoms with Crippen molar-refractivity contribution in [3.05, 3.63) is 48.0 Å². The summed E-state index contributed by atoms with van der Waals surface area (Å²) in [5.74, 6) is 0.667. The van der Waals surface area contributed by atoms with Crippen molar-refractivity contribution in [3.8, 4) is 0 Å². The number of fused-ring (bicyclic) bond motifs is 1. The highest BCUT2D eigenvalue weighted by Crippen LogP contribution is 2.18. The van der Waals surface area contributed by atoms with Crippen molar-refractivity contribution in [2.75, 3.05) is 20.6 Å². The van der Waals surface area contributed by atoms with E-state index >= 15 is 0 Å². The van der Waals surface area contributed by atoms with Crippen molar-refractivity contribution in [1.29, 1.82) is 0 Å². The van der Waals surface area contributed by atoms with Gasteiger partial charge in [0.1, 0.15) is 0 Å². The van der Waals surface area contributed by atoms with Crippen LogP contribution in [-0.2, 0) is 11.3 Å². The van der Waals surface area contributed by atoms with Crippen molar-refractivity contribution in [2.24, 2.45) is 4.99 Å². The average molecular weight is 340 g/mol. The fraction of sp³-hybridized carbons (Fsp3) is 0.400. The molecule has 0 fully saturated rings. The maximum absolute atomic E-state index is 12.1. The predicted octanol–water partition coefficient (Wildman–Crippen LogP) is 2.76. The molecule has 0 aliphatic heterocycles. The fourth-order valence-corrected chi connectivity index (χ4v) is 2.75. The first kappa shape index (κ1) is 18.8. The summed E-state index contributed by atoms with van der Waals surface area (Å²) in [6, 6.07) is 14.6. The molecule has 2 aromatic rings. The van der Waals surface area contributed by atoms with Gasteiger partial charge in [0, 0.05) is 26.2 Å². The molecule has 2 rings (SSSR count). The Morgan fingerprint density at radius 1 is 1.12 bits per heavy atom. The second-order valence-electron chi connectivity index (χ2n) is 7.19. The van der Waals surface area contributed by atoms with Gasteiger partial charge >= 0.3 is 0 Å². The summed E-state index contributed by atoms with van der Waals surface area (Å²) in [7, 11) is 3.59. The van der Waals surface area contributed by atoms with Crippen molar-refractivity contribution >= 4 is 22.6 Å². The summed E-state index contributed by atoms with van der Waals surface area (Å²) in [4.78, 5) is 18.2. The van der Waals surface area contributed by atoms with Gasteiger partial charge in [0.2, 0.25) is 5.91 Å². The Kier molecular flexibility index (Phi) is 6.02. The van der Waals surface area contributed by atoms with Crippen molar-refractivity contribution in [2.45, 2.75) is 32.9 Å². The Balaban J connectivity index is 2.01. The van der Waals surface area contributed by atoms with Crippen LogP contribution in [0.2, 0.25) is 0 Å². The number of nitrogens with one attached hydrogen (secondary N) is 2. The third-order valence-corrected chi connectivity index (χ3v) is 3.79.